The van der Waals surface area contributed by atoms with Crippen molar-refractivity contribution < 1.29 is 0 Å². The van der Waals surface area contributed by atoms with E-state index >= 15 is 0 Å². The highest BCUT2D eigenvalue weighted by atomic mass is 16.3. The molecule has 1 aliphatic heterocycles. The molecule has 0 saturated carbocycles. The lowest BCUT2D eigenvalue weighted by molar-refractivity contribution is 0.397. The number of hydrogen-bond donors (Lipinski definition) is 1. The third-order valence-corrected chi connectivity index (χ3v) is 1.62. The Morgan fingerprint density at radius 2 is 2.64 bits per heavy atom. The zero-order chi connectivity index (χ0) is 8.32. The van der Waals surface area contributed by atoms with Gasteiger partial charge in [0.25, 0.3) is 5.66 Å². The molecule has 0 saturated heterocycles. The Hall–Kier alpha value is -1.44. The van der Waals surface area contributed by atoms with Crippen molar-refractivity contribution in [2.75, 3.05) is 0 Å². The molecule has 1 aliphatic rings. The first-order valence-electron chi connectivity index (χ1n) is 3.28. The summed E-state index contributed by atoms with van der Waals surface area (Å²) in [4.78, 5) is 10.2. The maximum absolute atomic E-state index is 10.2. The molecule has 58 valence electrons. The second-order valence-electron chi connectivity index (χ2n) is 2.52. The topological polar surface area (TPSA) is 77.6 Å². The van der Waals surface area contributed by atoms with Crippen LogP contribution >= 0.6 is 0 Å². The number of nitroso groups, excluding NO2 is 1. The number of nitrogens with zero attached hydrogens (tertiary/aromatic N) is 3. The first-order chi connectivity index (χ1) is 5.22. The van der Waals surface area contributed by atoms with Crippen LogP contribution in [0.3, 0.4) is 0 Å². The lowest BCUT2D eigenvalue weighted by Gasteiger charge is -2.22. The smallest absolute Gasteiger partial charge is 0.268 e. The summed E-state index contributed by atoms with van der Waals surface area (Å²) >= 11 is 0. The van der Waals surface area contributed by atoms with Gasteiger partial charge in [0.1, 0.15) is 6.07 Å². The Labute approximate surface area is 64.1 Å². The molecular formula is C6H8N4O. The zero-order valence-electron chi connectivity index (χ0n) is 6.16. The molecule has 1 rings (SSSR count). The SMILES string of the molecule is CC1=NNC(C#N)(N=O)CC1. The summed E-state index contributed by atoms with van der Waals surface area (Å²) in [6.07, 6.45) is 1.05. The Morgan fingerprint density at radius 1 is 1.91 bits per heavy atom. The molecule has 0 aromatic rings. The first-order valence-corrected chi connectivity index (χ1v) is 3.28. The van der Waals surface area contributed by atoms with Crippen molar-refractivity contribution in [1.82, 2.24) is 5.43 Å². The summed E-state index contributed by atoms with van der Waals surface area (Å²) in [6.45, 7) is 1.83. The van der Waals surface area contributed by atoms with Crippen molar-refractivity contribution in [1.29, 1.82) is 5.26 Å². The van der Waals surface area contributed by atoms with Gasteiger partial charge in [0.15, 0.2) is 0 Å². The van der Waals surface area contributed by atoms with Crippen molar-refractivity contribution in [3.8, 4) is 6.07 Å². The van der Waals surface area contributed by atoms with E-state index in [4.69, 9.17) is 5.26 Å². The van der Waals surface area contributed by atoms with E-state index in [-0.39, 0.29) is 0 Å². The molecule has 1 atom stereocenters. The van der Waals surface area contributed by atoms with Gasteiger partial charge in [-0.1, -0.05) is 0 Å². The van der Waals surface area contributed by atoms with Gasteiger partial charge in [0.2, 0.25) is 0 Å². The minimum absolute atomic E-state index is 0.405. The van der Waals surface area contributed by atoms with Crippen molar-refractivity contribution in [2.45, 2.75) is 25.4 Å². The molecule has 0 radical (unpaired) electrons. The van der Waals surface area contributed by atoms with Crippen LogP contribution in [0.15, 0.2) is 10.3 Å². The Kier molecular flexibility index (Phi) is 1.85. The summed E-state index contributed by atoms with van der Waals surface area (Å²) in [5, 5.41) is 15.0. The molecular weight excluding hydrogens is 144 g/mol. The van der Waals surface area contributed by atoms with Crippen LogP contribution in [0.25, 0.3) is 0 Å². The minimum Gasteiger partial charge on any atom is -0.268 e. The fourth-order valence-electron chi connectivity index (χ4n) is 0.829. The van der Waals surface area contributed by atoms with E-state index in [1.165, 1.54) is 0 Å². The molecule has 0 aromatic heterocycles. The third kappa shape index (κ3) is 1.34. The summed E-state index contributed by atoms with van der Waals surface area (Å²) in [5.41, 5.74) is 2.00. The normalized spacial score (nSPS) is 29.6. The van der Waals surface area contributed by atoms with Crippen LogP contribution in [0.2, 0.25) is 0 Å². The fourth-order valence-corrected chi connectivity index (χ4v) is 0.829. The Bertz CT molecular complexity index is 241. The van der Waals surface area contributed by atoms with Crippen LogP contribution in [0.4, 0.5) is 0 Å². The van der Waals surface area contributed by atoms with Gasteiger partial charge in [0.05, 0.1) is 0 Å². The monoisotopic (exact) mass is 152 g/mol. The third-order valence-electron chi connectivity index (χ3n) is 1.62. The molecule has 0 spiro atoms. The average Bonchev–Trinajstić information content (AvgIpc) is 2.07. The summed E-state index contributed by atoms with van der Waals surface area (Å²) in [5.74, 6) is 0. The maximum atomic E-state index is 10.2. The van der Waals surface area contributed by atoms with E-state index in [9.17, 15) is 4.91 Å². The van der Waals surface area contributed by atoms with Crippen LogP contribution in [0.5, 0.6) is 0 Å². The van der Waals surface area contributed by atoms with Crippen molar-refractivity contribution >= 4 is 5.71 Å². The molecule has 0 aliphatic carbocycles. The van der Waals surface area contributed by atoms with Gasteiger partial charge in [-0.25, -0.2) is 0 Å². The second kappa shape index (κ2) is 2.66. The van der Waals surface area contributed by atoms with E-state index in [0.717, 1.165) is 5.71 Å². The fraction of sp³-hybridized carbons (Fsp3) is 0.667. The molecule has 0 amide bonds. The van der Waals surface area contributed by atoms with E-state index in [1.807, 2.05) is 6.92 Å². The second-order valence-corrected chi connectivity index (χ2v) is 2.52. The predicted molar refractivity (Wildman–Crippen MR) is 39.6 cm³/mol. The number of rotatable bonds is 1. The number of nitrogens with one attached hydrogen (secondary N) is 1. The summed E-state index contributed by atoms with van der Waals surface area (Å²) < 4.78 is 0. The Balaban J connectivity index is 2.79. The highest BCUT2D eigenvalue weighted by molar-refractivity contribution is 5.82. The highest BCUT2D eigenvalue weighted by Crippen LogP contribution is 2.17. The van der Waals surface area contributed by atoms with Gasteiger partial charge in [-0.05, 0) is 18.5 Å². The van der Waals surface area contributed by atoms with Crippen LogP contribution in [-0.4, -0.2) is 11.4 Å². The molecule has 5 heteroatoms. The largest absolute Gasteiger partial charge is 0.272 e. The summed E-state index contributed by atoms with van der Waals surface area (Å²) in [6, 6.07) is 1.79. The molecule has 11 heavy (non-hydrogen) atoms. The number of hydrogen-bond acceptors (Lipinski definition) is 5. The van der Waals surface area contributed by atoms with E-state index < -0.39 is 5.66 Å². The molecule has 1 N–H and O–H groups in total. The molecule has 0 bridgehead atoms. The van der Waals surface area contributed by atoms with Gasteiger partial charge in [-0.3, -0.25) is 5.43 Å². The van der Waals surface area contributed by atoms with Crippen LogP contribution in [-0.2, 0) is 0 Å². The maximum Gasteiger partial charge on any atom is 0.272 e. The molecule has 0 fully saturated rings. The quantitative estimate of drug-likeness (QED) is 0.562. The van der Waals surface area contributed by atoms with Crippen molar-refractivity contribution in [3.63, 3.8) is 0 Å². The van der Waals surface area contributed by atoms with Crippen molar-refractivity contribution in [2.24, 2.45) is 10.3 Å². The van der Waals surface area contributed by atoms with Gasteiger partial charge in [-0.2, -0.15) is 10.4 Å². The standard InChI is InChI=1S/C6H8N4O/c1-5-2-3-6(4-7,10-11)9-8-5/h9H,2-3H2,1H3. The summed E-state index contributed by atoms with van der Waals surface area (Å²) in [7, 11) is 0. The Morgan fingerprint density at radius 3 is 3.00 bits per heavy atom. The van der Waals surface area contributed by atoms with Crippen molar-refractivity contribution in [3.05, 3.63) is 4.91 Å². The van der Waals surface area contributed by atoms with Gasteiger partial charge >= 0.3 is 0 Å². The molecule has 5 nitrogen and oxygen atoms in total. The van der Waals surface area contributed by atoms with E-state index in [1.54, 1.807) is 6.07 Å². The lowest BCUT2D eigenvalue weighted by atomic mass is 10.0. The van der Waals surface area contributed by atoms with Crippen LogP contribution in [0.1, 0.15) is 19.8 Å². The van der Waals surface area contributed by atoms with E-state index in [2.05, 4.69) is 15.7 Å². The zero-order valence-corrected chi connectivity index (χ0v) is 6.16. The molecule has 0 aromatic carbocycles. The average molecular weight is 152 g/mol. The number of nitriles is 1. The van der Waals surface area contributed by atoms with E-state index in [0.29, 0.717) is 12.8 Å². The van der Waals surface area contributed by atoms with Gasteiger partial charge in [0, 0.05) is 12.1 Å². The van der Waals surface area contributed by atoms with Gasteiger partial charge < -0.3 is 0 Å². The van der Waals surface area contributed by atoms with Crippen LogP contribution in [0, 0.1) is 16.2 Å². The molecule has 1 heterocycles. The highest BCUT2D eigenvalue weighted by Gasteiger charge is 2.33. The first kappa shape index (κ1) is 7.66. The van der Waals surface area contributed by atoms with Gasteiger partial charge in [-0.15, -0.1) is 4.91 Å². The predicted octanol–water partition coefficient (Wildman–Crippen LogP) is 0.732. The number of hydrazone groups is 1. The minimum atomic E-state index is -1.32. The van der Waals surface area contributed by atoms with Crippen LogP contribution < -0.4 is 5.43 Å². The lowest BCUT2D eigenvalue weighted by Crippen LogP contribution is -2.42. The molecule has 1 unspecified atom stereocenters.